The van der Waals surface area contributed by atoms with Crippen LogP contribution in [0.25, 0.3) is 0 Å². The Kier molecular flexibility index (Phi) is 6.18. The van der Waals surface area contributed by atoms with E-state index in [0.29, 0.717) is 11.4 Å². The largest absolute Gasteiger partial charge is 0.497 e. The average molecular weight is 453 g/mol. The number of rotatable bonds is 7. The first-order valence-corrected chi connectivity index (χ1v) is 10.7. The average Bonchev–Trinajstić information content (AvgIpc) is 3.38. The van der Waals surface area contributed by atoms with Crippen molar-refractivity contribution >= 4 is 40.6 Å². The summed E-state index contributed by atoms with van der Waals surface area (Å²) in [6.45, 7) is 0.195. The van der Waals surface area contributed by atoms with Crippen LogP contribution in [0, 0.1) is 5.82 Å². The Hall–Kier alpha value is -3.72. The summed E-state index contributed by atoms with van der Waals surface area (Å²) in [5.41, 5.74) is 0.809. The van der Waals surface area contributed by atoms with Crippen LogP contribution in [-0.2, 0) is 16.1 Å². The fourth-order valence-electron chi connectivity index (χ4n) is 3.47. The number of benzene rings is 2. The molecule has 1 unspecified atom stereocenters. The maximum atomic E-state index is 13.3. The molecule has 1 aliphatic rings. The highest BCUT2D eigenvalue weighted by atomic mass is 32.1. The molecular formula is C23H20FN3O4S. The first-order valence-electron chi connectivity index (χ1n) is 9.82. The summed E-state index contributed by atoms with van der Waals surface area (Å²) in [5.74, 6) is -0.753. The lowest BCUT2D eigenvalue weighted by Crippen LogP contribution is -2.37. The number of imide groups is 1. The summed E-state index contributed by atoms with van der Waals surface area (Å²) in [6.07, 6.45) is -0.209. The topological polar surface area (TPSA) is 79.0 Å². The third-order valence-electron chi connectivity index (χ3n) is 5.06. The van der Waals surface area contributed by atoms with E-state index in [4.69, 9.17) is 4.74 Å². The predicted octanol–water partition coefficient (Wildman–Crippen LogP) is 4.26. The van der Waals surface area contributed by atoms with Gasteiger partial charge in [0.15, 0.2) is 0 Å². The molecule has 4 amide bonds. The molecule has 0 spiro atoms. The van der Waals surface area contributed by atoms with E-state index in [1.165, 1.54) is 40.5 Å². The standard InChI is InChI=1S/C23H20FN3O4S/c1-31-18-10-6-16(7-11-18)25-21(28)13-20-22(29)27(17-8-4-15(24)5-9-17)23(30)26(20)14-19-3-2-12-32-19/h2-12,20H,13-14H2,1H3,(H,25,28). The molecule has 0 bridgehead atoms. The molecule has 1 fully saturated rings. The number of methoxy groups -OCH3 is 1. The number of nitrogens with zero attached hydrogens (tertiary/aromatic N) is 2. The van der Waals surface area contributed by atoms with Gasteiger partial charge >= 0.3 is 6.03 Å². The molecule has 0 radical (unpaired) electrons. The molecule has 1 aromatic heterocycles. The number of carbonyl (C=O) groups excluding carboxylic acids is 3. The first kappa shape index (κ1) is 21.5. The number of urea groups is 1. The number of halogens is 1. The minimum absolute atomic E-state index is 0.195. The van der Waals surface area contributed by atoms with Gasteiger partial charge in [-0.25, -0.2) is 14.1 Å². The van der Waals surface area contributed by atoms with Crippen molar-refractivity contribution in [1.29, 1.82) is 0 Å². The van der Waals surface area contributed by atoms with Crippen molar-refractivity contribution in [1.82, 2.24) is 4.90 Å². The summed E-state index contributed by atoms with van der Waals surface area (Å²) >= 11 is 1.45. The maximum Gasteiger partial charge on any atom is 0.332 e. The van der Waals surface area contributed by atoms with E-state index in [9.17, 15) is 18.8 Å². The van der Waals surface area contributed by atoms with E-state index in [-0.39, 0.29) is 18.7 Å². The quantitative estimate of drug-likeness (QED) is 0.542. The fourth-order valence-corrected chi connectivity index (χ4v) is 4.18. The van der Waals surface area contributed by atoms with Crippen LogP contribution in [-0.4, -0.2) is 35.9 Å². The summed E-state index contributed by atoms with van der Waals surface area (Å²) in [7, 11) is 1.55. The van der Waals surface area contributed by atoms with Gasteiger partial charge in [-0.1, -0.05) is 6.07 Å². The molecule has 0 aliphatic carbocycles. The second kappa shape index (κ2) is 9.19. The van der Waals surface area contributed by atoms with Crippen molar-refractivity contribution in [2.75, 3.05) is 17.3 Å². The number of amides is 4. The molecular weight excluding hydrogens is 433 g/mol. The number of nitrogens with one attached hydrogen (secondary N) is 1. The van der Waals surface area contributed by atoms with Gasteiger partial charge in [-0.3, -0.25) is 9.59 Å². The highest BCUT2D eigenvalue weighted by Crippen LogP contribution is 2.29. The van der Waals surface area contributed by atoms with Gasteiger partial charge in [-0.15, -0.1) is 11.3 Å². The van der Waals surface area contributed by atoms with Gasteiger partial charge < -0.3 is 15.0 Å². The third kappa shape index (κ3) is 4.47. The molecule has 4 rings (SSSR count). The van der Waals surface area contributed by atoms with Gasteiger partial charge in [0.1, 0.15) is 17.6 Å². The molecule has 1 atom stereocenters. The van der Waals surface area contributed by atoms with Gasteiger partial charge in [0.2, 0.25) is 5.91 Å². The van der Waals surface area contributed by atoms with Gasteiger partial charge in [-0.2, -0.15) is 0 Å². The van der Waals surface area contributed by atoms with E-state index in [2.05, 4.69) is 5.32 Å². The molecule has 32 heavy (non-hydrogen) atoms. The van der Waals surface area contributed by atoms with Crippen molar-refractivity contribution in [2.45, 2.75) is 19.0 Å². The molecule has 9 heteroatoms. The van der Waals surface area contributed by atoms with Crippen molar-refractivity contribution in [3.8, 4) is 5.75 Å². The normalized spacial score (nSPS) is 15.9. The minimum Gasteiger partial charge on any atom is -0.497 e. The van der Waals surface area contributed by atoms with E-state index in [1.807, 2.05) is 17.5 Å². The third-order valence-corrected chi connectivity index (χ3v) is 5.92. The summed E-state index contributed by atoms with van der Waals surface area (Å²) < 4.78 is 18.4. The zero-order valence-corrected chi connectivity index (χ0v) is 18.0. The number of hydrogen-bond acceptors (Lipinski definition) is 5. The van der Waals surface area contributed by atoms with Crippen LogP contribution < -0.4 is 15.0 Å². The van der Waals surface area contributed by atoms with E-state index >= 15 is 0 Å². The van der Waals surface area contributed by atoms with Crippen molar-refractivity contribution in [2.24, 2.45) is 0 Å². The minimum atomic E-state index is -0.979. The Morgan fingerprint density at radius 2 is 1.81 bits per heavy atom. The molecule has 2 heterocycles. The molecule has 164 valence electrons. The molecule has 3 aromatic rings. The predicted molar refractivity (Wildman–Crippen MR) is 119 cm³/mol. The van der Waals surface area contributed by atoms with E-state index in [1.54, 1.807) is 31.4 Å². The Bertz CT molecular complexity index is 1120. The number of anilines is 2. The van der Waals surface area contributed by atoms with Crippen LogP contribution in [0.1, 0.15) is 11.3 Å². The second-order valence-electron chi connectivity index (χ2n) is 7.14. The first-order chi connectivity index (χ1) is 15.5. The Morgan fingerprint density at radius 3 is 2.44 bits per heavy atom. The summed E-state index contributed by atoms with van der Waals surface area (Å²) in [5, 5.41) is 4.62. The molecule has 7 nitrogen and oxygen atoms in total. The lowest BCUT2D eigenvalue weighted by Gasteiger charge is -2.21. The molecule has 1 aliphatic heterocycles. The van der Waals surface area contributed by atoms with Crippen molar-refractivity contribution < 1.29 is 23.5 Å². The van der Waals surface area contributed by atoms with E-state index < -0.39 is 29.7 Å². The van der Waals surface area contributed by atoms with Crippen LogP contribution in [0.15, 0.2) is 66.0 Å². The zero-order chi connectivity index (χ0) is 22.7. The van der Waals surface area contributed by atoms with Crippen LogP contribution in [0.2, 0.25) is 0 Å². The number of thiophene rings is 1. The zero-order valence-electron chi connectivity index (χ0n) is 17.2. The van der Waals surface area contributed by atoms with Crippen LogP contribution in [0.4, 0.5) is 20.6 Å². The number of hydrogen-bond donors (Lipinski definition) is 1. The van der Waals surface area contributed by atoms with Gasteiger partial charge in [-0.05, 0) is 60.0 Å². The Labute approximate surface area is 188 Å². The van der Waals surface area contributed by atoms with Gasteiger partial charge in [0.25, 0.3) is 5.91 Å². The maximum absolute atomic E-state index is 13.3. The molecule has 0 saturated carbocycles. The highest BCUT2D eigenvalue weighted by Gasteiger charge is 2.46. The molecule has 1 saturated heterocycles. The number of ether oxygens (including phenoxy) is 1. The molecule has 1 N–H and O–H groups in total. The summed E-state index contributed by atoms with van der Waals surface area (Å²) in [4.78, 5) is 42.3. The highest BCUT2D eigenvalue weighted by molar-refractivity contribution is 7.09. The SMILES string of the molecule is COc1ccc(NC(=O)CC2C(=O)N(c3ccc(F)cc3)C(=O)N2Cc2cccs2)cc1. The monoisotopic (exact) mass is 453 g/mol. The Morgan fingerprint density at radius 1 is 1.09 bits per heavy atom. The van der Waals surface area contributed by atoms with Crippen LogP contribution in [0.5, 0.6) is 5.75 Å². The second-order valence-corrected chi connectivity index (χ2v) is 8.17. The van der Waals surface area contributed by atoms with E-state index in [0.717, 1.165) is 9.78 Å². The smallest absolute Gasteiger partial charge is 0.332 e. The molecule has 2 aromatic carbocycles. The lowest BCUT2D eigenvalue weighted by molar-refractivity contribution is -0.124. The lowest BCUT2D eigenvalue weighted by atomic mass is 10.1. The number of carbonyl (C=O) groups is 3. The van der Waals surface area contributed by atoms with Gasteiger partial charge in [0.05, 0.1) is 25.8 Å². The van der Waals surface area contributed by atoms with Crippen LogP contribution >= 0.6 is 11.3 Å². The van der Waals surface area contributed by atoms with Crippen molar-refractivity contribution in [3.05, 3.63) is 76.7 Å². The Balaban J connectivity index is 1.56. The van der Waals surface area contributed by atoms with Crippen molar-refractivity contribution in [3.63, 3.8) is 0 Å². The van der Waals surface area contributed by atoms with Gasteiger partial charge in [0, 0.05) is 10.6 Å². The summed E-state index contributed by atoms with van der Waals surface area (Å²) in [6, 6.07) is 14.1. The van der Waals surface area contributed by atoms with Crippen LogP contribution in [0.3, 0.4) is 0 Å². The fraction of sp³-hybridized carbons (Fsp3) is 0.174.